The molecule has 9 rings (SSSR count). The topological polar surface area (TPSA) is 55.4 Å². The van der Waals surface area contributed by atoms with Gasteiger partial charge in [-0.3, -0.25) is 4.90 Å². The summed E-state index contributed by atoms with van der Waals surface area (Å²) in [5.74, 6) is 5.76. The molecule has 7 nitrogen and oxygen atoms in total. The number of nitrogens with zero attached hydrogens (tertiary/aromatic N) is 2. The predicted molar refractivity (Wildman–Crippen MR) is 255 cm³/mol. The number of anilines is 1. The third-order valence-electron chi connectivity index (χ3n) is 14.3. The van der Waals surface area contributed by atoms with E-state index < -0.39 is 0 Å². The molecule has 2 heterocycles. The molecule has 5 aliphatic rings. The lowest BCUT2D eigenvalue weighted by molar-refractivity contribution is 0.180. The summed E-state index contributed by atoms with van der Waals surface area (Å²) in [6, 6.07) is 25.5. The highest BCUT2D eigenvalue weighted by Gasteiger charge is 2.31. The molecule has 1 unspecified atom stereocenters. The summed E-state index contributed by atoms with van der Waals surface area (Å²) in [7, 11) is 5.39. The summed E-state index contributed by atoms with van der Waals surface area (Å²) >= 11 is 0. The molecule has 1 atom stereocenters. The molecule has 1 N–H and O–H groups in total. The summed E-state index contributed by atoms with van der Waals surface area (Å²) in [5.41, 5.74) is 12.7. The molecule has 7 heteroatoms. The van der Waals surface area contributed by atoms with Gasteiger partial charge in [0.1, 0.15) is 23.0 Å². The number of piperidine rings is 1. The van der Waals surface area contributed by atoms with E-state index in [1.165, 1.54) is 102 Å². The molecular weight excluding hydrogens is 767 g/mol. The van der Waals surface area contributed by atoms with Gasteiger partial charge in [-0.25, -0.2) is 0 Å². The molecule has 4 aromatic rings. The van der Waals surface area contributed by atoms with E-state index in [9.17, 15) is 0 Å². The van der Waals surface area contributed by atoms with Crippen molar-refractivity contribution in [3.8, 4) is 34.1 Å². The van der Waals surface area contributed by atoms with Crippen LogP contribution in [-0.2, 0) is 6.54 Å². The van der Waals surface area contributed by atoms with Gasteiger partial charge in [-0.05, 0) is 164 Å². The summed E-state index contributed by atoms with van der Waals surface area (Å²) in [6.45, 7) is 13.0. The molecule has 0 radical (unpaired) electrons. The highest BCUT2D eigenvalue weighted by molar-refractivity contribution is 5.73. The zero-order valence-corrected chi connectivity index (χ0v) is 38.6. The molecular formula is C55H71N3O4. The van der Waals surface area contributed by atoms with Crippen molar-refractivity contribution < 1.29 is 18.9 Å². The first-order valence-corrected chi connectivity index (χ1v) is 23.8. The van der Waals surface area contributed by atoms with E-state index in [2.05, 4.69) is 114 Å². The lowest BCUT2D eigenvalue weighted by atomic mass is 9.78. The van der Waals surface area contributed by atoms with Gasteiger partial charge < -0.3 is 29.2 Å². The molecule has 0 spiro atoms. The second kappa shape index (κ2) is 20.1. The van der Waals surface area contributed by atoms with E-state index in [1.54, 1.807) is 21.3 Å². The molecule has 0 amide bonds. The first-order valence-electron chi connectivity index (χ1n) is 23.8. The number of hydrogen-bond acceptors (Lipinski definition) is 7. The Kier molecular flexibility index (Phi) is 14.2. The van der Waals surface area contributed by atoms with E-state index >= 15 is 0 Å². The maximum atomic E-state index is 6.55. The zero-order valence-electron chi connectivity index (χ0n) is 38.6. The van der Waals surface area contributed by atoms with E-state index in [4.69, 9.17) is 18.9 Å². The Labute approximate surface area is 372 Å². The molecule has 62 heavy (non-hydrogen) atoms. The summed E-state index contributed by atoms with van der Waals surface area (Å²) in [6.07, 6.45) is 19.1. The lowest BCUT2D eigenvalue weighted by Gasteiger charge is -2.41. The average molecular weight is 838 g/mol. The van der Waals surface area contributed by atoms with Crippen molar-refractivity contribution in [3.63, 3.8) is 0 Å². The number of rotatable bonds is 16. The van der Waals surface area contributed by atoms with Crippen molar-refractivity contribution >= 4 is 5.69 Å². The van der Waals surface area contributed by atoms with Crippen LogP contribution < -0.4 is 29.2 Å². The minimum absolute atomic E-state index is 0.140. The quantitative estimate of drug-likeness (QED) is 0.121. The highest BCUT2D eigenvalue weighted by Crippen LogP contribution is 2.48. The Morgan fingerprint density at radius 2 is 1.44 bits per heavy atom. The Bertz CT molecular complexity index is 2180. The van der Waals surface area contributed by atoms with Crippen LogP contribution in [-0.4, -0.2) is 58.5 Å². The first kappa shape index (κ1) is 43.8. The molecule has 1 saturated heterocycles. The number of methoxy groups -OCH3 is 3. The molecule has 0 bridgehead atoms. The third kappa shape index (κ3) is 9.68. The van der Waals surface area contributed by atoms with Gasteiger partial charge >= 0.3 is 0 Å². The molecule has 3 saturated carbocycles. The standard InChI is InChI=1S/C53H65N3O4.C2H6/c1-35-16-19-45(31-49(35)60-34-37-10-8-11-37)56(33-41-12-6-7-15-46(41)42-28-51(58-4)53(40-13-9-14-40)52(29-42)59-5)44-21-24-55(25-22-44)32-38-20-23-54-48(26-38)43-27-47(39-17-18-39)36(2)50(30-43)57-3;1-2/h6-7,12,15-16,19-20,23,26-31,37,39-40,44,48,54H,8-11,13-14,17-18,21-22,24-25,32-34H2,1-5H3;1-2H3. The maximum Gasteiger partial charge on any atom is 0.126 e. The number of aryl methyl sites for hydroxylation is 1. The van der Waals surface area contributed by atoms with Crippen LogP contribution in [0.5, 0.6) is 23.0 Å². The summed E-state index contributed by atoms with van der Waals surface area (Å²) < 4.78 is 24.5. The second-order valence-corrected chi connectivity index (χ2v) is 18.2. The first-order chi connectivity index (χ1) is 30.4. The minimum Gasteiger partial charge on any atom is -0.496 e. The van der Waals surface area contributed by atoms with Gasteiger partial charge in [-0.15, -0.1) is 0 Å². The molecule has 3 aliphatic carbocycles. The fourth-order valence-corrected chi connectivity index (χ4v) is 10.0. The fraction of sp³-hybridized carbons (Fsp3) is 0.491. The number of ether oxygens (including phenoxy) is 4. The zero-order chi connectivity index (χ0) is 43.2. The van der Waals surface area contributed by atoms with Crippen molar-refractivity contribution in [2.75, 3.05) is 52.5 Å². The van der Waals surface area contributed by atoms with Crippen LogP contribution in [0, 0.1) is 19.8 Å². The maximum absolute atomic E-state index is 6.55. The summed E-state index contributed by atoms with van der Waals surface area (Å²) in [4.78, 5) is 5.32. The largest absolute Gasteiger partial charge is 0.496 e. The van der Waals surface area contributed by atoms with Gasteiger partial charge in [0.2, 0.25) is 0 Å². The Morgan fingerprint density at radius 3 is 2.08 bits per heavy atom. The van der Waals surface area contributed by atoms with Gasteiger partial charge in [0.15, 0.2) is 0 Å². The Hall–Kier alpha value is -4.88. The number of benzene rings is 4. The van der Waals surface area contributed by atoms with Crippen LogP contribution in [0.1, 0.15) is 129 Å². The lowest BCUT2D eigenvalue weighted by Crippen LogP contribution is -2.45. The average Bonchev–Trinajstić information content (AvgIpc) is 4.12. The van der Waals surface area contributed by atoms with E-state index in [1.807, 2.05) is 13.8 Å². The van der Waals surface area contributed by atoms with Crippen molar-refractivity contribution in [1.29, 1.82) is 0 Å². The number of hydrogen-bond donors (Lipinski definition) is 1. The third-order valence-corrected chi connectivity index (χ3v) is 14.3. The number of dihydropyridines is 1. The monoisotopic (exact) mass is 838 g/mol. The van der Waals surface area contributed by atoms with E-state index in [0.717, 1.165) is 74.2 Å². The normalized spacial score (nSPS) is 19.3. The van der Waals surface area contributed by atoms with E-state index in [0.29, 0.717) is 23.8 Å². The van der Waals surface area contributed by atoms with Crippen LogP contribution in [0.2, 0.25) is 0 Å². The van der Waals surface area contributed by atoms with Crippen molar-refractivity contribution in [1.82, 2.24) is 10.2 Å². The van der Waals surface area contributed by atoms with Crippen molar-refractivity contribution in [2.24, 2.45) is 5.92 Å². The van der Waals surface area contributed by atoms with Gasteiger partial charge in [-0.1, -0.05) is 69.2 Å². The van der Waals surface area contributed by atoms with Crippen LogP contribution in [0.15, 0.2) is 90.7 Å². The molecule has 4 fully saturated rings. The highest BCUT2D eigenvalue weighted by atomic mass is 16.5. The second-order valence-electron chi connectivity index (χ2n) is 18.2. The SMILES string of the molecule is CC.COc1cc(C2C=C(CN3CCC(N(Cc4ccccc4-c4cc(OC)c(C5CCC5)c(OC)c4)c4ccc(C)c(OCC5CCC5)c4)CC3)C=CN2)cc(C2CC2)c1C. The molecule has 0 aromatic heterocycles. The fourth-order valence-electron chi connectivity index (χ4n) is 10.0. The van der Waals surface area contributed by atoms with E-state index in [-0.39, 0.29) is 6.04 Å². The van der Waals surface area contributed by atoms with Gasteiger partial charge in [-0.2, -0.15) is 0 Å². The van der Waals surface area contributed by atoms with Crippen LogP contribution >= 0.6 is 0 Å². The predicted octanol–water partition coefficient (Wildman–Crippen LogP) is 12.6. The molecule has 4 aromatic carbocycles. The van der Waals surface area contributed by atoms with Crippen molar-refractivity contribution in [2.45, 2.75) is 122 Å². The van der Waals surface area contributed by atoms with Crippen LogP contribution in [0.3, 0.4) is 0 Å². The van der Waals surface area contributed by atoms with Crippen molar-refractivity contribution in [3.05, 3.63) is 124 Å². The van der Waals surface area contributed by atoms with Crippen LogP contribution in [0.4, 0.5) is 5.69 Å². The smallest absolute Gasteiger partial charge is 0.126 e. The number of nitrogens with one attached hydrogen (secondary N) is 1. The Balaban J connectivity index is 0.00000261. The van der Waals surface area contributed by atoms with Gasteiger partial charge in [0.05, 0.1) is 34.0 Å². The van der Waals surface area contributed by atoms with Gasteiger partial charge in [0.25, 0.3) is 0 Å². The molecule has 330 valence electrons. The Morgan fingerprint density at radius 1 is 0.726 bits per heavy atom. The van der Waals surface area contributed by atoms with Gasteiger partial charge in [0, 0.05) is 49.5 Å². The molecule has 2 aliphatic heterocycles. The summed E-state index contributed by atoms with van der Waals surface area (Å²) in [5, 5.41) is 3.63. The number of likely N-dealkylation sites (tertiary alicyclic amines) is 1. The minimum atomic E-state index is 0.140. The van der Waals surface area contributed by atoms with Crippen LogP contribution in [0.25, 0.3) is 11.1 Å².